The highest BCUT2D eigenvalue weighted by atomic mass is 16.6. The van der Waals surface area contributed by atoms with E-state index in [4.69, 9.17) is 9.47 Å². The maximum atomic E-state index is 12.8. The van der Waals surface area contributed by atoms with E-state index in [1.807, 2.05) is 60.7 Å². The van der Waals surface area contributed by atoms with Crippen LogP contribution in [0.4, 0.5) is 4.79 Å². The molecule has 0 spiro atoms. The molecule has 1 amide bonds. The molecule has 1 aliphatic rings. The van der Waals surface area contributed by atoms with Gasteiger partial charge < -0.3 is 14.6 Å². The van der Waals surface area contributed by atoms with E-state index >= 15 is 0 Å². The molecule has 5 heteroatoms. The quantitative estimate of drug-likeness (QED) is 0.877. The van der Waals surface area contributed by atoms with Crippen molar-refractivity contribution in [2.24, 2.45) is 0 Å². The average Bonchev–Trinajstić information content (AvgIpc) is 3.16. The van der Waals surface area contributed by atoms with Gasteiger partial charge in [0.05, 0.1) is 18.8 Å². The third-order valence-corrected chi connectivity index (χ3v) is 4.56. The first-order chi connectivity index (χ1) is 12.2. The molecule has 2 aromatic carbocycles. The Labute approximate surface area is 147 Å². The monoisotopic (exact) mass is 341 g/mol. The molecule has 0 bridgehead atoms. The second kappa shape index (κ2) is 8.14. The Morgan fingerprint density at radius 1 is 1.08 bits per heavy atom. The first-order valence-electron chi connectivity index (χ1n) is 8.44. The average molecular weight is 341 g/mol. The third kappa shape index (κ3) is 4.18. The number of carbonyl (C=O) groups excluding carboxylic acids is 1. The number of benzene rings is 2. The summed E-state index contributed by atoms with van der Waals surface area (Å²) in [6.07, 6.45) is 0.156. The van der Waals surface area contributed by atoms with Crippen molar-refractivity contribution in [1.29, 1.82) is 0 Å². The molecule has 0 saturated carbocycles. The van der Waals surface area contributed by atoms with Crippen LogP contribution in [0.3, 0.4) is 0 Å². The second-order valence-electron chi connectivity index (χ2n) is 6.30. The Hall–Kier alpha value is -2.37. The summed E-state index contributed by atoms with van der Waals surface area (Å²) >= 11 is 0. The van der Waals surface area contributed by atoms with Crippen molar-refractivity contribution < 1.29 is 19.4 Å². The summed E-state index contributed by atoms with van der Waals surface area (Å²) in [6.45, 7) is 1.26. The summed E-state index contributed by atoms with van der Waals surface area (Å²) in [7, 11) is 0. The van der Waals surface area contributed by atoms with E-state index in [9.17, 15) is 9.90 Å². The van der Waals surface area contributed by atoms with Crippen LogP contribution >= 0.6 is 0 Å². The van der Waals surface area contributed by atoms with E-state index in [0.717, 1.165) is 11.1 Å². The van der Waals surface area contributed by atoms with Gasteiger partial charge >= 0.3 is 6.09 Å². The van der Waals surface area contributed by atoms with Crippen molar-refractivity contribution in [3.8, 4) is 0 Å². The zero-order valence-electron chi connectivity index (χ0n) is 14.1. The molecular formula is C20H23NO4. The predicted octanol–water partition coefficient (Wildman–Crippen LogP) is 2.98. The third-order valence-electron chi connectivity index (χ3n) is 4.56. The van der Waals surface area contributed by atoms with E-state index < -0.39 is 11.6 Å². The first kappa shape index (κ1) is 17.5. The molecule has 3 rings (SSSR count). The number of aliphatic hydroxyl groups excluding tert-OH is 1. The van der Waals surface area contributed by atoms with Gasteiger partial charge in [0.15, 0.2) is 0 Å². The number of nitrogens with zero attached hydrogens (tertiary/aromatic N) is 1. The van der Waals surface area contributed by atoms with Crippen molar-refractivity contribution in [2.75, 3.05) is 19.8 Å². The molecule has 1 unspecified atom stereocenters. The van der Waals surface area contributed by atoms with E-state index in [2.05, 4.69) is 0 Å². The Morgan fingerprint density at radius 2 is 1.72 bits per heavy atom. The molecule has 132 valence electrons. The highest BCUT2D eigenvalue weighted by molar-refractivity contribution is 5.69. The van der Waals surface area contributed by atoms with Crippen LogP contribution < -0.4 is 0 Å². The van der Waals surface area contributed by atoms with Gasteiger partial charge in [0, 0.05) is 13.2 Å². The molecule has 1 aliphatic heterocycles. The number of amides is 1. The number of rotatable bonds is 6. The Bertz CT molecular complexity index is 669. The molecule has 1 fully saturated rings. The van der Waals surface area contributed by atoms with Crippen LogP contribution in [0.25, 0.3) is 0 Å². The summed E-state index contributed by atoms with van der Waals surface area (Å²) in [5, 5.41) is 9.97. The summed E-state index contributed by atoms with van der Waals surface area (Å²) in [5.74, 6) is 0. The van der Waals surface area contributed by atoms with E-state index in [-0.39, 0.29) is 13.2 Å². The Kier molecular flexibility index (Phi) is 5.68. The van der Waals surface area contributed by atoms with Crippen LogP contribution in [0.1, 0.15) is 17.5 Å². The van der Waals surface area contributed by atoms with Gasteiger partial charge in [0.1, 0.15) is 6.61 Å². The van der Waals surface area contributed by atoms with E-state index in [1.165, 1.54) is 0 Å². The lowest BCUT2D eigenvalue weighted by molar-refractivity contribution is 0.00384. The van der Waals surface area contributed by atoms with Crippen molar-refractivity contribution in [3.05, 3.63) is 71.8 Å². The van der Waals surface area contributed by atoms with Crippen LogP contribution in [0, 0.1) is 0 Å². The van der Waals surface area contributed by atoms with Crippen molar-refractivity contribution >= 4 is 6.09 Å². The van der Waals surface area contributed by atoms with E-state index in [0.29, 0.717) is 26.2 Å². The van der Waals surface area contributed by atoms with Crippen LogP contribution in [0.15, 0.2) is 60.7 Å². The SMILES string of the molecule is O=C(OCc1ccccc1)N(Cc1ccccc1)C1(CO)CCOC1. The van der Waals surface area contributed by atoms with Crippen LogP contribution in [-0.2, 0) is 22.6 Å². The minimum Gasteiger partial charge on any atom is -0.445 e. The molecule has 0 aliphatic carbocycles. The molecule has 0 aromatic heterocycles. The zero-order valence-corrected chi connectivity index (χ0v) is 14.1. The minimum atomic E-state index is -0.733. The summed E-state index contributed by atoms with van der Waals surface area (Å²) in [4.78, 5) is 14.4. The second-order valence-corrected chi connectivity index (χ2v) is 6.30. The Morgan fingerprint density at radius 3 is 2.28 bits per heavy atom. The standard InChI is InChI=1S/C20H23NO4/c22-15-20(11-12-24-16-20)21(13-17-7-3-1-4-8-17)19(23)25-14-18-9-5-2-6-10-18/h1-10,22H,11-16H2. The minimum absolute atomic E-state index is 0.153. The van der Waals surface area contributed by atoms with Gasteiger partial charge in [-0.1, -0.05) is 60.7 Å². The predicted molar refractivity (Wildman–Crippen MR) is 93.9 cm³/mol. The smallest absolute Gasteiger partial charge is 0.411 e. The summed E-state index contributed by atoms with van der Waals surface area (Å²) < 4.78 is 11.0. The van der Waals surface area contributed by atoms with Crippen LogP contribution in [-0.4, -0.2) is 41.5 Å². The van der Waals surface area contributed by atoms with Crippen molar-refractivity contribution in [3.63, 3.8) is 0 Å². The molecule has 1 heterocycles. The van der Waals surface area contributed by atoms with Gasteiger partial charge in [-0.05, 0) is 17.5 Å². The zero-order chi connectivity index (χ0) is 17.5. The molecule has 1 saturated heterocycles. The largest absolute Gasteiger partial charge is 0.445 e. The number of aliphatic hydroxyl groups is 1. The maximum absolute atomic E-state index is 12.8. The summed E-state index contributed by atoms with van der Waals surface area (Å²) in [5.41, 5.74) is 1.18. The topological polar surface area (TPSA) is 59.0 Å². The lowest BCUT2D eigenvalue weighted by Gasteiger charge is -2.38. The number of hydrogen-bond acceptors (Lipinski definition) is 4. The van der Waals surface area contributed by atoms with Gasteiger partial charge in [-0.15, -0.1) is 0 Å². The fourth-order valence-electron chi connectivity index (χ4n) is 3.01. The maximum Gasteiger partial charge on any atom is 0.411 e. The normalized spacial score (nSPS) is 19.6. The highest BCUT2D eigenvalue weighted by Crippen LogP contribution is 2.28. The first-order valence-corrected chi connectivity index (χ1v) is 8.44. The van der Waals surface area contributed by atoms with Crippen LogP contribution in [0.2, 0.25) is 0 Å². The molecular weight excluding hydrogens is 318 g/mol. The molecule has 2 aromatic rings. The lowest BCUT2D eigenvalue weighted by atomic mass is 9.97. The fourth-order valence-corrected chi connectivity index (χ4v) is 3.01. The van der Waals surface area contributed by atoms with Crippen molar-refractivity contribution in [2.45, 2.75) is 25.1 Å². The van der Waals surface area contributed by atoms with Gasteiger partial charge in [0.2, 0.25) is 0 Å². The highest BCUT2D eigenvalue weighted by Gasteiger charge is 2.43. The van der Waals surface area contributed by atoms with Crippen LogP contribution in [0.5, 0.6) is 0 Å². The van der Waals surface area contributed by atoms with Gasteiger partial charge in [-0.25, -0.2) is 4.79 Å². The lowest BCUT2D eigenvalue weighted by Crippen LogP contribution is -2.54. The van der Waals surface area contributed by atoms with Crippen molar-refractivity contribution in [1.82, 2.24) is 4.90 Å². The summed E-state index contributed by atoms with van der Waals surface area (Å²) in [6, 6.07) is 19.3. The molecule has 1 N–H and O–H groups in total. The Balaban J connectivity index is 1.76. The fraction of sp³-hybridized carbons (Fsp3) is 0.350. The molecule has 1 atom stereocenters. The van der Waals surface area contributed by atoms with Gasteiger partial charge in [-0.2, -0.15) is 0 Å². The molecule has 25 heavy (non-hydrogen) atoms. The number of carbonyl (C=O) groups is 1. The number of hydrogen-bond donors (Lipinski definition) is 1. The van der Waals surface area contributed by atoms with E-state index in [1.54, 1.807) is 4.90 Å². The molecule has 0 radical (unpaired) electrons. The van der Waals surface area contributed by atoms with Gasteiger partial charge in [0.25, 0.3) is 0 Å². The van der Waals surface area contributed by atoms with Gasteiger partial charge in [-0.3, -0.25) is 4.90 Å². The number of ether oxygens (including phenoxy) is 2. The molecule has 5 nitrogen and oxygen atoms in total.